The number of fused-ring (bicyclic) bond motifs is 6. The Hall–Kier alpha value is -5.86. The maximum Gasteiger partial charge on any atom is 0.0541 e. The van der Waals surface area contributed by atoms with Gasteiger partial charge in [-0.05, 0) is 76.9 Å². The zero-order chi connectivity index (χ0) is 29.0. The summed E-state index contributed by atoms with van der Waals surface area (Å²) in [6, 6.07) is 61.5. The molecular formula is C42H28N2. The van der Waals surface area contributed by atoms with Gasteiger partial charge in [-0.15, -0.1) is 0 Å². The first-order valence-corrected chi connectivity index (χ1v) is 15.1. The van der Waals surface area contributed by atoms with Crippen molar-refractivity contribution in [2.45, 2.75) is 0 Å². The Morgan fingerprint density at radius 1 is 0.250 bits per heavy atom. The highest BCUT2D eigenvalue weighted by molar-refractivity contribution is 6.12. The standard InChI is InChI=1S/C42H28N2/c1-3-12-29(13-4-1)31-22-24-41-37(26-31)38-27-32(30-14-5-2-6-15-30)23-25-42(38)44(41)34-17-11-16-33(28-34)43-39-20-9-7-18-35(39)36-19-8-10-21-40(36)43/h1-28H. The molecule has 0 saturated heterocycles. The van der Waals surface area contributed by atoms with Crippen molar-refractivity contribution in [3.63, 3.8) is 0 Å². The summed E-state index contributed by atoms with van der Waals surface area (Å²) in [6.07, 6.45) is 0. The third-order valence-electron chi connectivity index (χ3n) is 8.91. The summed E-state index contributed by atoms with van der Waals surface area (Å²) in [7, 11) is 0. The number of rotatable bonds is 4. The minimum Gasteiger partial charge on any atom is -0.309 e. The Balaban J connectivity index is 1.31. The van der Waals surface area contributed by atoms with Crippen molar-refractivity contribution in [3.05, 3.63) is 170 Å². The minimum absolute atomic E-state index is 1.14. The Morgan fingerprint density at radius 2 is 0.659 bits per heavy atom. The SMILES string of the molecule is c1ccc(-c2ccc3c(c2)c2cc(-c4ccccc4)ccc2n3-c2cccc(-n3c4ccccc4c4ccccc43)c2)cc1. The van der Waals surface area contributed by atoms with Crippen molar-refractivity contribution in [1.29, 1.82) is 0 Å². The third kappa shape index (κ3) is 3.82. The molecule has 2 heterocycles. The van der Waals surface area contributed by atoms with Gasteiger partial charge < -0.3 is 9.13 Å². The maximum atomic E-state index is 2.42. The van der Waals surface area contributed by atoms with Crippen LogP contribution in [-0.2, 0) is 0 Å². The van der Waals surface area contributed by atoms with E-state index >= 15 is 0 Å². The summed E-state index contributed by atoms with van der Waals surface area (Å²) in [5, 5.41) is 5.04. The van der Waals surface area contributed by atoms with E-state index in [9.17, 15) is 0 Å². The van der Waals surface area contributed by atoms with Gasteiger partial charge in [0, 0.05) is 32.9 Å². The number of para-hydroxylation sites is 2. The lowest BCUT2D eigenvalue weighted by Gasteiger charge is -2.13. The molecule has 0 aliphatic rings. The van der Waals surface area contributed by atoms with Crippen LogP contribution in [0.15, 0.2) is 170 Å². The van der Waals surface area contributed by atoms with Crippen LogP contribution in [0.25, 0.3) is 77.2 Å². The molecule has 0 atom stereocenters. The van der Waals surface area contributed by atoms with Crippen LogP contribution in [0.2, 0.25) is 0 Å². The number of benzene rings is 7. The molecule has 0 aliphatic carbocycles. The van der Waals surface area contributed by atoms with Crippen LogP contribution in [-0.4, -0.2) is 9.13 Å². The van der Waals surface area contributed by atoms with Gasteiger partial charge in [-0.1, -0.05) is 115 Å². The molecule has 2 nitrogen and oxygen atoms in total. The molecule has 206 valence electrons. The molecule has 0 bridgehead atoms. The Labute approximate surface area is 255 Å². The second kappa shape index (κ2) is 9.86. The summed E-state index contributed by atoms with van der Waals surface area (Å²) in [6.45, 7) is 0. The van der Waals surface area contributed by atoms with Gasteiger partial charge in [-0.3, -0.25) is 0 Å². The lowest BCUT2D eigenvalue weighted by Crippen LogP contribution is -1.98. The van der Waals surface area contributed by atoms with Crippen molar-refractivity contribution >= 4 is 43.6 Å². The normalized spacial score (nSPS) is 11.6. The van der Waals surface area contributed by atoms with Gasteiger partial charge in [0.2, 0.25) is 0 Å². The maximum absolute atomic E-state index is 2.42. The first kappa shape index (κ1) is 24.7. The van der Waals surface area contributed by atoms with Crippen molar-refractivity contribution in [2.24, 2.45) is 0 Å². The Bertz CT molecular complexity index is 2330. The molecule has 9 aromatic rings. The van der Waals surface area contributed by atoms with E-state index in [2.05, 4.69) is 179 Å². The van der Waals surface area contributed by atoms with E-state index in [0.717, 1.165) is 11.4 Å². The summed E-state index contributed by atoms with van der Waals surface area (Å²) >= 11 is 0. The second-order valence-corrected chi connectivity index (χ2v) is 11.4. The molecule has 0 aliphatic heterocycles. The molecule has 0 radical (unpaired) electrons. The molecule has 2 heteroatoms. The Kier molecular flexibility index (Phi) is 5.54. The van der Waals surface area contributed by atoms with E-state index < -0.39 is 0 Å². The van der Waals surface area contributed by atoms with Gasteiger partial charge in [-0.25, -0.2) is 0 Å². The van der Waals surface area contributed by atoms with Crippen molar-refractivity contribution in [3.8, 4) is 33.6 Å². The van der Waals surface area contributed by atoms with Crippen LogP contribution in [0.1, 0.15) is 0 Å². The van der Waals surface area contributed by atoms with E-state index in [1.165, 1.54) is 65.9 Å². The zero-order valence-corrected chi connectivity index (χ0v) is 24.1. The second-order valence-electron chi connectivity index (χ2n) is 11.4. The Morgan fingerprint density at radius 3 is 1.14 bits per heavy atom. The largest absolute Gasteiger partial charge is 0.309 e. The summed E-state index contributed by atoms with van der Waals surface area (Å²) in [4.78, 5) is 0. The van der Waals surface area contributed by atoms with Crippen LogP contribution in [0, 0.1) is 0 Å². The van der Waals surface area contributed by atoms with Gasteiger partial charge in [0.1, 0.15) is 0 Å². The molecule has 0 spiro atoms. The predicted molar refractivity (Wildman–Crippen MR) is 186 cm³/mol. The molecule has 0 fully saturated rings. The lowest BCUT2D eigenvalue weighted by atomic mass is 10.0. The van der Waals surface area contributed by atoms with Crippen LogP contribution in [0.4, 0.5) is 0 Å². The minimum atomic E-state index is 1.14. The first-order chi connectivity index (χ1) is 21.8. The highest BCUT2D eigenvalue weighted by atomic mass is 15.0. The smallest absolute Gasteiger partial charge is 0.0541 e. The van der Waals surface area contributed by atoms with E-state index in [1.807, 2.05) is 0 Å². The highest BCUT2D eigenvalue weighted by Crippen LogP contribution is 2.38. The molecule has 7 aromatic carbocycles. The molecule has 0 amide bonds. The molecule has 44 heavy (non-hydrogen) atoms. The topological polar surface area (TPSA) is 9.86 Å². The highest BCUT2D eigenvalue weighted by Gasteiger charge is 2.17. The van der Waals surface area contributed by atoms with Gasteiger partial charge in [0.25, 0.3) is 0 Å². The molecule has 0 saturated carbocycles. The van der Waals surface area contributed by atoms with E-state index in [0.29, 0.717) is 0 Å². The van der Waals surface area contributed by atoms with Gasteiger partial charge >= 0.3 is 0 Å². The fourth-order valence-corrected chi connectivity index (χ4v) is 6.89. The van der Waals surface area contributed by atoms with Crippen LogP contribution in [0.5, 0.6) is 0 Å². The average Bonchev–Trinajstić information content (AvgIpc) is 3.61. The number of nitrogens with zero attached hydrogens (tertiary/aromatic N) is 2. The third-order valence-corrected chi connectivity index (χ3v) is 8.91. The van der Waals surface area contributed by atoms with Gasteiger partial charge in [-0.2, -0.15) is 0 Å². The first-order valence-electron chi connectivity index (χ1n) is 15.1. The summed E-state index contributed by atoms with van der Waals surface area (Å²) in [5.41, 5.74) is 12.0. The van der Waals surface area contributed by atoms with Gasteiger partial charge in [0.05, 0.1) is 22.1 Å². The molecular weight excluding hydrogens is 532 g/mol. The van der Waals surface area contributed by atoms with Crippen LogP contribution < -0.4 is 0 Å². The van der Waals surface area contributed by atoms with E-state index in [-0.39, 0.29) is 0 Å². The zero-order valence-electron chi connectivity index (χ0n) is 24.1. The van der Waals surface area contributed by atoms with E-state index in [4.69, 9.17) is 0 Å². The molecule has 0 N–H and O–H groups in total. The summed E-state index contributed by atoms with van der Waals surface area (Å²) < 4.78 is 4.81. The van der Waals surface area contributed by atoms with Crippen LogP contribution >= 0.6 is 0 Å². The monoisotopic (exact) mass is 560 g/mol. The lowest BCUT2D eigenvalue weighted by molar-refractivity contribution is 1.13. The number of hydrogen-bond donors (Lipinski definition) is 0. The quantitative estimate of drug-likeness (QED) is 0.203. The molecule has 2 aromatic heterocycles. The number of hydrogen-bond acceptors (Lipinski definition) is 0. The van der Waals surface area contributed by atoms with Crippen molar-refractivity contribution in [1.82, 2.24) is 9.13 Å². The summed E-state index contributed by atoms with van der Waals surface area (Å²) in [5.74, 6) is 0. The van der Waals surface area contributed by atoms with Crippen LogP contribution in [0.3, 0.4) is 0 Å². The van der Waals surface area contributed by atoms with Crippen molar-refractivity contribution < 1.29 is 0 Å². The van der Waals surface area contributed by atoms with Gasteiger partial charge in [0.15, 0.2) is 0 Å². The fraction of sp³-hybridized carbons (Fsp3) is 0. The fourth-order valence-electron chi connectivity index (χ4n) is 6.89. The van der Waals surface area contributed by atoms with Crippen molar-refractivity contribution in [2.75, 3.05) is 0 Å². The molecule has 9 rings (SSSR count). The predicted octanol–water partition coefficient (Wildman–Crippen LogP) is 11.2. The average molecular weight is 561 g/mol. The molecule has 0 unspecified atom stereocenters. The van der Waals surface area contributed by atoms with E-state index in [1.54, 1.807) is 0 Å². The number of aromatic nitrogens is 2.